The molecule has 6 heteroatoms. The Bertz CT molecular complexity index is 412. The van der Waals surface area contributed by atoms with Gasteiger partial charge in [-0.3, -0.25) is 4.79 Å². The SMILES string of the molecule is CC(C)C1(C(=O)O)CCN(C(=O)N2CCCC(CO)C2)C1. The highest BCUT2D eigenvalue weighted by atomic mass is 16.4. The fourth-order valence-electron chi connectivity index (χ4n) is 3.48. The lowest BCUT2D eigenvalue weighted by Crippen LogP contribution is -2.49. The van der Waals surface area contributed by atoms with Crippen LogP contribution in [0.3, 0.4) is 0 Å². The fourth-order valence-corrected chi connectivity index (χ4v) is 3.48. The van der Waals surface area contributed by atoms with Crippen molar-refractivity contribution in [1.82, 2.24) is 9.80 Å². The number of aliphatic hydroxyl groups excluding tert-OH is 1. The molecule has 2 unspecified atom stereocenters. The number of urea groups is 1. The van der Waals surface area contributed by atoms with Crippen molar-refractivity contribution < 1.29 is 19.8 Å². The van der Waals surface area contributed by atoms with Crippen LogP contribution in [0.1, 0.15) is 33.1 Å². The molecule has 0 spiro atoms. The lowest BCUT2D eigenvalue weighted by Gasteiger charge is -2.35. The average Bonchev–Trinajstić information content (AvgIpc) is 2.93. The first-order valence-corrected chi connectivity index (χ1v) is 7.79. The summed E-state index contributed by atoms with van der Waals surface area (Å²) in [6.07, 6.45) is 2.37. The van der Waals surface area contributed by atoms with Crippen molar-refractivity contribution in [3.8, 4) is 0 Å². The summed E-state index contributed by atoms with van der Waals surface area (Å²) in [7, 11) is 0. The standard InChI is InChI=1S/C15H26N2O4/c1-11(2)15(13(19)20)5-7-17(10-15)14(21)16-6-3-4-12(8-16)9-18/h11-12,18H,3-10H2,1-2H3,(H,19,20). The molecule has 2 saturated heterocycles. The largest absolute Gasteiger partial charge is 0.481 e. The third-order valence-electron chi connectivity index (χ3n) is 5.15. The maximum absolute atomic E-state index is 12.6. The first-order valence-electron chi connectivity index (χ1n) is 7.79. The molecule has 6 nitrogen and oxygen atoms in total. The predicted molar refractivity (Wildman–Crippen MR) is 77.9 cm³/mol. The minimum atomic E-state index is -0.818. The van der Waals surface area contributed by atoms with Crippen LogP contribution < -0.4 is 0 Å². The number of aliphatic hydroxyl groups is 1. The highest BCUT2D eigenvalue weighted by Gasteiger charge is 2.49. The van der Waals surface area contributed by atoms with Gasteiger partial charge in [-0.15, -0.1) is 0 Å². The van der Waals surface area contributed by atoms with E-state index in [0.717, 1.165) is 12.8 Å². The van der Waals surface area contributed by atoms with Gasteiger partial charge in [-0.05, 0) is 31.1 Å². The van der Waals surface area contributed by atoms with Crippen molar-refractivity contribution in [2.75, 3.05) is 32.8 Å². The second-order valence-corrected chi connectivity index (χ2v) is 6.71. The third kappa shape index (κ3) is 3.00. The van der Waals surface area contributed by atoms with E-state index in [9.17, 15) is 19.8 Å². The molecule has 0 aromatic carbocycles. The van der Waals surface area contributed by atoms with E-state index >= 15 is 0 Å². The number of nitrogens with zero attached hydrogens (tertiary/aromatic N) is 2. The van der Waals surface area contributed by atoms with Gasteiger partial charge in [0.25, 0.3) is 0 Å². The van der Waals surface area contributed by atoms with Crippen molar-refractivity contribution >= 4 is 12.0 Å². The number of carbonyl (C=O) groups excluding carboxylic acids is 1. The molecule has 2 fully saturated rings. The number of hydrogen-bond donors (Lipinski definition) is 2. The molecule has 2 aliphatic rings. The molecule has 2 atom stereocenters. The normalized spacial score (nSPS) is 30.0. The highest BCUT2D eigenvalue weighted by Crippen LogP contribution is 2.38. The number of aliphatic carboxylic acids is 1. The summed E-state index contributed by atoms with van der Waals surface area (Å²) in [5.41, 5.74) is -0.818. The Hall–Kier alpha value is -1.30. The zero-order valence-corrected chi connectivity index (χ0v) is 12.9. The first kappa shape index (κ1) is 16.1. The first-order chi connectivity index (χ1) is 9.90. The summed E-state index contributed by atoms with van der Waals surface area (Å²) in [6, 6.07) is -0.0723. The Morgan fingerprint density at radius 3 is 2.52 bits per heavy atom. The molecule has 0 aromatic rings. The van der Waals surface area contributed by atoms with Gasteiger partial charge in [-0.25, -0.2) is 4.79 Å². The van der Waals surface area contributed by atoms with Gasteiger partial charge >= 0.3 is 12.0 Å². The van der Waals surface area contributed by atoms with Crippen LogP contribution >= 0.6 is 0 Å². The predicted octanol–water partition coefficient (Wildman–Crippen LogP) is 1.24. The Morgan fingerprint density at radius 1 is 1.29 bits per heavy atom. The lowest BCUT2D eigenvalue weighted by atomic mass is 9.76. The minimum absolute atomic E-state index is 0.000605. The number of piperidine rings is 1. The van der Waals surface area contributed by atoms with E-state index in [1.165, 1.54) is 0 Å². The van der Waals surface area contributed by atoms with Crippen LogP contribution in [0.25, 0.3) is 0 Å². The second kappa shape index (κ2) is 6.22. The summed E-state index contributed by atoms with van der Waals surface area (Å²) in [6.45, 7) is 5.99. The molecule has 2 heterocycles. The van der Waals surface area contributed by atoms with Gasteiger partial charge in [-0.1, -0.05) is 13.8 Å². The number of carboxylic acids is 1. The van der Waals surface area contributed by atoms with Gasteiger partial charge < -0.3 is 20.0 Å². The van der Waals surface area contributed by atoms with Gasteiger partial charge in [-0.2, -0.15) is 0 Å². The molecule has 2 N–H and O–H groups in total. The topological polar surface area (TPSA) is 81.1 Å². The van der Waals surface area contributed by atoms with E-state index in [1.54, 1.807) is 9.80 Å². The molecule has 2 rings (SSSR count). The maximum Gasteiger partial charge on any atom is 0.320 e. The third-order valence-corrected chi connectivity index (χ3v) is 5.15. The molecule has 21 heavy (non-hydrogen) atoms. The molecule has 0 aliphatic carbocycles. The quantitative estimate of drug-likeness (QED) is 0.821. The lowest BCUT2D eigenvalue weighted by molar-refractivity contribution is -0.150. The van der Waals surface area contributed by atoms with Crippen molar-refractivity contribution in [2.45, 2.75) is 33.1 Å². The number of carbonyl (C=O) groups is 2. The van der Waals surface area contributed by atoms with Gasteiger partial charge in [0.05, 0.1) is 5.41 Å². The second-order valence-electron chi connectivity index (χ2n) is 6.71. The molecule has 0 radical (unpaired) electrons. The van der Waals surface area contributed by atoms with Crippen LogP contribution in [0, 0.1) is 17.3 Å². The summed E-state index contributed by atoms with van der Waals surface area (Å²) < 4.78 is 0. The molecule has 2 amide bonds. The Labute approximate surface area is 125 Å². The van der Waals surface area contributed by atoms with Crippen LogP contribution in [-0.2, 0) is 4.79 Å². The van der Waals surface area contributed by atoms with E-state index in [4.69, 9.17) is 0 Å². The average molecular weight is 298 g/mol. The molecule has 2 aliphatic heterocycles. The van der Waals surface area contributed by atoms with Gasteiger partial charge in [0.15, 0.2) is 0 Å². The van der Waals surface area contributed by atoms with Crippen molar-refractivity contribution in [1.29, 1.82) is 0 Å². The van der Waals surface area contributed by atoms with E-state index < -0.39 is 11.4 Å². The fraction of sp³-hybridized carbons (Fsp3) is 0.867. The molecular formula is C15H26N2O4. The van der Waals surface area contributed by atoms with E-state index in [0.29, 0.717) is 32.6 Å². The molecule has 0 aromatic heterocycles. The zero-order chi connectivity index (χ0) is 15.6. The van der Waals surface area contributed by atoms with Crippen LogP contribution in [-0.4, -0.2) is 64.8 Å². The van der Waals surface area contributed by atoms with Gasteiger partial charge in [0.2, 0.25) is 0 Å². The summed E-state index contributed by atoms with van der Waals surface area (Å²) in [5.74, 6) is -0.654. The number of carboxylic acid groups (broad SMARTS) is 1. The Morgan fingerprint density at radius 2 is 2.00 bits per heavy atom. The molecule has 0 bridgehead atoms. The van der Waals surface area contributed by atoms with E-state index in [1.807, 2.05) is 13.8 Å². The Kier molecular flexibility index (Phi) is 4.76. The van der Waals surface area contributed by atoms with Crippen LogP contribution in [0.2, 0.25) is 0 Å². The van der Waals surface area contributed by atoms with E-state index in [2.05, 4.69) is 0 Å². The summed E-state index contributed by atoms with van der Waals surface area (Å²) >= 11 is 0. The van der Waals surface area contributed by atoms with Crippen LogP contribution in [0.15, 0.2) is 0 Å². The minimum Gasteiger partial charge on any atom is -0.481 e. The molecule has 120 valence electrons. The summed E-state index contributed by atoms with van der Waals surface area (Å²) in [4.78, 5) is 27.6. The summed E-state index contributed by atoms with van der Waals surface area (Å²) in [5, 5.41) is 18.8. The highest BCUT2D eigenvalue weighted by molar-refractivity contribution is 5.80. The van der Waals surface area contributed by atoms with Gasteiger partial charge in [0.1, 0.15) is 0 Å². The monoisotopic (exact) mass is 298 g/mol. The zero-order valence-electron chi connectivity index (χ0n) is 12.9. The number of hydrogen-bond acceptors (Lipinski definition) is 3. The molecular weight excluding hydrogens is 272 g/mol. The molecule has 0 saturated carbocycles. The smallest absolute Gasteiger partial charge is 0.320 e. The Balaban J connectivity index is 2.03. The van der Waals surface area contributed by atoms with Crippen molar-refractivity contribution in [3.05, 3.63) is 0 Å². The maximum atomic E-state index is 12.6. The van der Waals surface area contributed by atoms with Crippen LogP contribution in [0.4, 0.5) is 4.79 Å². The van der Waals surface area contributed by atoms with Crippen molar-refractivity contribution in [2.24, 2.45) is 17.3 Å². The van der Waals surface area contributed by atoms with Gasteiger partial charge in [0, 0.05) is 32.8 Å². The number of amides is 2. The number of likely N-dealkylation sites (tertiary alicyclic amines) is 2. The number of rotatable bonds is 3. The van der Waals surface area contributed by atoms with Crippen LogP contribution in [0.5, 0.6) is 0 Å². The van der Waals surface area contributed by atoms with Crippen molar-refractivity contribution in [3.63, 3.8) is 0 Å². The van der Waals surface area contributed by atoms with E-state index in [-0.39, 0.29) is 24.5 Å².